The van der Waals surface area contributed by atoms with Crippen LogP contribution in [0.15, 0.2) is 6.33 Å². The van der Waals surface area contributed by atoms with Gasteiger partial charge in [0.05, 0.1) is 12.6 Å². The van der Waals surface area contributed by atoms with Crippen LogP contribution < -0.4 is 5.73 Å². The van der Waals surface area contributed by atoms with Crippen molar-refractivity contribution in [1.29, 1.82) is 0 Å². The first-order valence-corrected chi connectivity index (χ1v) is 3.92. The number of hydrogen-bond acceptors (Lipinski definition) is 4. The lowest BCUT2D eigenvalue weighted by Crippen LogP contribution is -2.21. The Morgan fingerprint density at radius 2 is 2.33 bits per heavy atom. The van der Waals surface area contributed by atoms with Crippen LogP contribution in [0.1, 0.15) is 31.8 Å². The summed E-state index contributed by atoms with van der Waals surface area (Å²) in [4.78, 5) is 3.98. The van der Waals surface area contributed by atoms with E-state index in [9.17, 15) is 0 Å². The first-order valence-electron chi connectivity index (χ1n) is 3.92. The fourth-order valence-corrected chi connectivity index (χ4v) is 1.00. The first kappa shape index (κ1) is 9.15. The molecule has 0 saturated carbocycles. The maximum absolute atomic E-state index is 8.81. The van der Waals surface area contributed by atoms with E-state index >= 15 is 0 Å². The molecule has 1 atom stereocenters. The van der Waals surface area contributed by atoms with E-state index in [0.29, 0.717) is 5.82 Å². The molecule has 1 rings (SSSR count). The third-order valence-electron chi connectivity index (χ3n) is 1.62. The molecule has 0 radical (unpaired) electrons. The molecule has 5 heteroatoms. The summed E-state index contributed by atoms with van der Waals surface area (Å²) in [5, 5.41) is 12.8. The third kappa shape index (κ3) is 1.62. The van der Waals surface area contributed by atoms with Gasteiger partial charge in [0.1, 0.15) is 12.2 Å². The first-order chi connectivity index (χ1) is 5.66. The van der Waals surface area contributed by atoms with Gasteiger partial charge in [0.25, 0.3) is 0 Å². The van der Waals surface area contributed by atoms with E-state index in [1.54, 1.807) is 4.68 Å². The normalized spacial score (nSPS) is 13.8. The minimum absolute atomic E-state index is 0.106. The fourth-order valence-electron chi connectivity index (χ4n) is 1.00. The van der Waals surface area contributed by atoms with Crippen molar-refractivity contribution in [3.63, 3.8) is 0 Å². The Balaban J connectivity index is 2.91. The summed E-state index contributed by atoms with van der Waals surface area (Å²) in [6, 6.07) is -0.213. The highest BCUT2D eigenvalue weighted by atomic mass is 16.3. The number of nitrogens with zero attached hydrogens (tertiary/aromatic N) is 3. The molecule has 0 fully saturated rings. The highest BCUT2D eigenvalue weighted by Gasteiger charge is 2.13. The Bertz CT molecular complexity index is 245. The van der Waals surface area contributed by atoms with Gasteiger partial charge in [-0.05, 0) is 13.8 Å². The van der Waals surface area contributed by atoms with Crippen LogP contribution in [0.5, 0.6) is 0 Å². The van der Waals surface area contributed by atoms with Crippen LogP contribution in [-0.2, 0) is 0 Å². The van der Waals surface area contributed by atoms with Crippen molar-refractivity contribution >= 4 is 0 Å². The zero-order valence-corrected chi connectivity index (χ0v) is 7.31. The van der Waals surface area contributed by atoms with Crippen molar-refractivity contribution in [3.05, 3.63) is 12.2 Å². The predicted molar refractivity (Wildman–Crippen MR) is 44.4 cm³/mol. The van der Waals surface area contributed by atoms with Crippen LogP contribution in [0.2, 0.25) is 0 Å². The van der Waals surface area contributed by atoms with Gasteiger partial charge in [-0.2, -0.15) is 5.10 Å². The molecular weight excluding hydrogens is 156 g/mol. The molecule has 0 aliphatic rings. The highest BCUT2D eigenvalue weighted by molar-refractivity contribution is 4.93. The van der Waals surface area contributed by atoms with E-state index in [2.05, 4.69) is 10.1 Å². The largest absolute Gasteiger partial charge is 0.394 e. The van der Waals surface area contributed by atoms with E-state index in [-0.39, 0.29) is 12.6 Å². The summed E-state index contributed by atoms with van der Waals surface area (Å²) in [6.45, 7) is 3.87. The molecular formula is C7H14N4O. The van der Waals surface area contributed by atoms with Crippen molar-refractivity contribution in [1.82, 2.24) is 14.8 Å². The molecule has 0 aromatic carbocycles. The summed E-state index contributed by atoms with van der Waals surface area (Å²) >= 11 is 0. The summed E-state index contributed by atoms with van der Waals surface area (Å²) < 4.78 is 1.71. The van der Waals surface area contributed by atoms with Crippen LogP contribution in [0, 0.1) is 0 Å². The lowest BCUT2D eigenvalue weighted by Gasteiger charge is -2.12. The topological polar surface area (TPSA) is 77.0 Å². The molecule has 0 spiro atoms. The maximum atomic E-state index is 8.81. The molecule has 0 aliphatic carbocycles. The van der Waals surface area contributed by atoms with Gasteiger partial charge >= 0.3 is 0 Å². The second-order valence-corrected chi connectivity index (χ2v) is 2.95. The lowest BCUT2D eigenvalue weighted by molar-refractivity contribution is 0.257. The number of nitrogens with two attached hydrogens (primary N) is 1. The molecule has 5 nitrogen and oxygen atoms in total. The van der Waals surface area contributed by atoms with Gasteiger partial charge in [-0.1, -0.05) is 0 Å². The van der Waals surface area contributed by atoms with Gasteiger partial charge in [0.2, 0.25) is 0 Å². The number of aliphatic hydroxyl groups excluding tert-OH is 1. The Morgan fingerprint density at radius 3 is 2.83 bits per heavy atom. The third-order valence-corrected chi connectivity index (χ3v) is 1.62. The summed E-state index contributed by atoms with van der Waals surface area (Å²) in [5.41, 5.74) is 5.60. The van der Waals surface area contributed by atoms with Crippen molar-refractivity contribution in [2.24, 2.45) is 5.73 Å². The van der Waals surface area contributed by atoms with E-state index in [1.165, 1.54) is 6.33 Å². The zero-order valence-electron chi connectivity index (χ0n) is 7.31. The Labute approximate surface area is 71.2 Å². The van der Waals surface area contributed by atoms with Crippen molar-refractivity contribution in [2.45, 2.75) is 25.9 Å². The van der Waals surface area contributed by atoms with Gasteiger partial charge in [-0.15, -0.1) is 0 Å². The zero-order chi connectivity index (χ0) is 9.14. The number of aromatic nitrogens is 3. The molecule has 12 heavy (non-hydrogen) atoms. The van der Waals surface area contributed by atoms with Crippen LogP contribution in [-0.4, -0.2) is 26.5 Å². The Hall–Kier alpha value is -0.940. The SMILES string of the molecule is CC(C)n1ncnc1C(N)CO. The van der Waals surface area contributed by atoms with Crippen molar-refractivity contribution in [3.8, 4) is 0 Å². The average molecular weight is 170 g/mol. The van der Waals surface area contributed by atoms with E-state index in [1.807, 2.05) is 13.8 Å². The van der Waals surface area contributed by atoms with E-state index in [4.69, 9.17) is 10.8 Å². The molecule has 1 unspecified atom stereocenters. The van der Waals surface area contributed by atoms with E-state index in [0.717, 1.165) is 0 Å². The molecule has 0 amide bonds. The standard InChI is InChI=1S/C7H14N4O/c1-5(2)11-7(6(8)3-12)9-4-10-11/h4-6,12H,3,8H2,1-2H3. The van der Waals surface area contributed by atoms with Crippen LogP contribution in [0.4, 0.5) is 0 Å². The summed E-state index contributed by atoms with van der Waals surface area (Å²) in [7, 11) is 0. The van der Waals surface area contributed by atoms with Gasteiger partial charge in [0, 0.05) is 6.04 Å². The molecule has 0 bridgehead atoms. The van der Waals surface area contributed by atoms with Gasteiger partial charge in [0.15, 0.2) is 0 Å². The summed E-state index contributed by atoms with van der Waals surface area (Å²) in [6.07, 6.45) is 1.45. The van der Waals surface area contributed by atoms with Crippen molar-refractivity contribution < 1.29 is 5.11 Å². The summed E-state index contributed by atoms with van der Waals surface area (Å²) in [5.74, 6) is 0.632. The monoisotopic (exact) mass is 170 g/mol. The molecule has 68 valence electrons. The van der Waals surface area contributed by atoms with E-state index < -0.39 is 6.04 Å². The quantitative estimate of drug-likeness (QED) is 0.661. The van der Waals surface area contributed by atoms with Crippen molar-refractivity contribution in [2.75, 3.05) is 6.61 Å². The van der Waals surface area contributed by atoms with Crippen LogP contribution >= 0.6 is 0 Å². The number of aliphatic hydroxyl groups is 1. The van der Waals surface area contributed by atoms with Gasteiger partial charge in [-0.3, -0.25) is 0 Å². The second-order valence-electron chi connectivity index (χ2n) is 2.95. The molecule has 0 aliphatic heterocycles. The van der Waals surface area contributed by atoms with Gasteiger partial charge < -0.3 is 10.8 Å². The Kier molecular flexibility index (Phi) is 2.78. The minimum Gasteiger partial charge on any atom is -0.394 e. The van der Waals surface area contributed by atoms with Gasteiger partial charge in [-0.25, -0.2) is 9.67 Å². The minimum atomic E-state index is -0.435. The maximum Gasteiger partial charge on any atom is 0.146 e. The van der Waals surface area contributed by atoms with Crippen LogP contribution in [0.25, 0.3) is 0 Å². The Morgan fingerprint density at radius 1 is 1.67 bits per heavy atom. The molecule has 3 N–H and O–H groups in total. The average Bonchev–Trinajstić information content (AvgIpc) is 2.50. The lowest BCUT2D eigenvalue weighted by atomic mass is 10.3. The highest BCUT2D eigenvalue weighted by Crippen LogP contribution is 2.10. The molecule has 1 aromatic rings. The predicted octanol–water partition coefficient (Wildman–Crippen LogP) is -0.149. The number of hydrogen-bond donors (Lipinski definition) is 2. The van der Waals surface area contributed by atoms with Crippen LogP contribution in [0.3, 0.4) is 0 Å². The second kappa shape index (κ2) is 3.64. The molecule has 1 aromatic heterocycles. The number of rotatable bonds is 3. The molecule has 0 saturated heterocycles. The fraction of sp³-hybridized carbons (Fsp3) is 0.714. The molecule has 1 heterocycles. The smallest absolute Gasteiger partial charge is 0.146 e.